The molecule has 20 heavy (non-hydrogen) atoms. The highest BCUT2D eigenvalue weighted by Crippen LogP contribution is 2.06. The molecule has 2 atom stereocenters. The maximum absolute atomic E-state index is 12.1. The molecule has 0 aliphatic carbocycles. The molecule has 0 spiro atoms. The summed E-state index contributed by atoms with van der Waals surface area (Å²) in [5.41, 5.74) is 1.06. The predicted octanol–water partition coefficient (Wildman–Crippen LogP) is -0.0461. The summed E-state index contributed by atoms with van der Waals surface area (Å²) in [6.45, 7) is 1.58. The van der Waals surface area contributed by atoms with E-state index in [1.165, 1.54) is 11.0 Å². The van der Waals surface area contributed by atoms with Crippen LogP contribution in [0.15, 0.2) is 36.7 Å². The minimum Gasteiger partial charge on any atom is -0.394 e. The van der Waals surface area contributed by atoms with Crippen LogP contribution in [0.1, 0.15) is 18.5 Å². The summed E-state index contributed by atoms with van der Waals surface area (Å²) < 4.78 is 1.37. The van der Waals surface area contributed by atoms with Crippen molar-refractivity contribution in [3.63, 3.8) is 0 Å². The third-order valence-electron chi connectivity index (χ3n) is 3.03. The molecule has 1 aromatic heterocycles. The lowest BCUT2D eigenvalue weighted by molar-refractivity contribution is -0.125. The molecule has 7 heteroatoms. The van der Waals surface area contributed by atoms with Crippen molar-refractivity contribution in [1.29, 1.82) is 0 Å². The van der Waals surface area contributed by atoms with Crippen molar-refractivity contribution in [3.05, 3.63) is 42.2 Å². The van der Waals surface area contributed by atoms with E-state index in [1.807, 2.05) is 30.3 Å². The third-order valence-corrected chi connectivity index (χ3v) is 3.03. The fourth-order valence-corrected chi connectivity index (χ4v) is 1.85. The van der Waals surface area contributed by atoms with E-state index in [0.717, 1.165) is 5.56 Å². The monoisotopic (exact) mass is 275 g/mol. The van der Waals surface area contributed by atoms with Crippen LogP contribution in [0.2, 0.25) is 0 Å². The van der Waals surface area contributed by atoms with Crippen LogP contribution in [0.25, 0.3) is 0 Å². The van der Waals surface area contributed by atoms with Gasteiger partial charge in [-0.3, -0.25) is 4.79 Å². The lowest BCUT2D eigenvalue weighted by Crippen LogP contribution is -2.42. The summed E-state index contributed by atoms with van der Waals surface area (Å²) in [5, 5.41) is 22.9. The van der Waals surface area contributed by atoms with Gasteiger partial charge in [0.15, 0.2) is 0 Å². The first-order valence-corrected chi connectivity index (χ1v) is 6.38. The fourth-order valence-electron chi connectivity index (χ4n) is 1.85. The van der Waals surface area contributed by atoms with Crippen LogP contribution in [-0.4, -0.2) is 43.9 Å². The van der Waals surface area contributed by atoms with Gasteiger partial charge < -0.3 is 10.4 Å². The number of tetrazole rings is 1. The number of nitrogens with zero attached hydrogens (tertiary/aromatic N) is 4. The summed E-state index contributed by atoms with van der Waals surface area (Å²) in [7, 11) is 0. The van der Waals surface area contributed by atoms with Crippen LogP contribution in [0, 0.1) is 0 Å². The smallest absolute Gasteiger partial charge is 0.245 e. The molecule has 2 N–H and O–H groups in total. The third kappa shape index (κ3) is 3.61. The molecule has 0 aliphatic rings. The average Bonchev–Trinajstić information content (AvgIpc) is 3.01. The first kappa shape index (κ1) is 14.1. The van der Waals surface area contributed by atoms with Crippen molar-refractivity contribution in [2.75, 3.05) is 6.61 Å². The van der Waals surface area contributed by atoms with E-state index in [4.69, 9.17) is 0 Å². The second kappa shape index (κ2) is 6.76. The molecular formula is C13H17N5O2. The number of aliphatic hydroxyl groups is 1. The molecule has 0 bridgehead atoms. The van der Waals surface area contributed by atoms with E-state index in [2.05, 4.69) is 20.8 Å². The van der Waals surface area contributed by atoms with Gasteiger partial charge in [0.25, 0.3) is 0 Å². The molecule has 0 radical (unpaired) electrons. The number of amides is 1. The van der Waals surface area contributed by atoms with Gasteiger partial charge in [-0.2, -0.15) is 0 Å². The standard InChI is InChI=1S/C13H17N5O2/c1-10(18-9-14-16-17-18)13(20)15-12(8-19)7-11-5-3-2-4-6-11/h2-6,9-10,12,19H,7-8H2,1H3,(H,15,20). The summed E-state index contributed by atoms with van der Waals surface area (Å²) >= 11 is 0. The Hall–Kier alpha value is -2.28. The molecule has 2 rings (SSSR count). The molecule has 7 nitrogen and oxygen atoms in total. The SMILES string of the molecule is CC(C(=O)NC(CO)Cc1ccccc1)n1cnnn1. The van der Waals surface area contributed by atoms with Gasteiger partial charge in [0.1, 0.15) is 12.4 Å². The van der Waals surface area contributed by atoms with Crippen LogP contribution in [0.4, 0.5) is 0 Å². The van der Waals surface area contributed by atoms with Gasteiger partial charge in [0.2, 0.25) is 5.91 Å². The Kier molecular flexibility index (Phi) is 4.78. The Bertz CT molecular complexity index is 529. The van der Waals surface area contributed by atoms with Crippen molar-refractivity contribution in [1.82, 2.24) is 25.5 Å². The van der Waals surface area contributed by atoms with E-state index in [0.29, 0.717) is 6.42 Å². The Morgan fingerprint density at radius 2 is 2.15 bits per heavy atom. The van der Waals surface area contributed by atoms with E-state index >= 15 is 0 Å². The number of hydrogen-bond acceptors (Lipinski definition) is 5. The summed E-state index contributed by atoms with van der Waals surface area (Å²) in [4.78, 5) is 12.1. The van der Waals surface area contributed by atoms with Gasteiger partial charge in [-0.05, 0) is 29.3 Å². The highest BCUT2D eigenvalue weighted by atomic mass is 16.3. The second-order valence-corrected chi connectivity index (χ2v) is 4.54. The Morgan fingerprint density at radius 3 is 2.75 bits per heavy atom. The van der Waals surface area contributed by atoms with Crippen molar-refractivity contribution in [3.8, 4) is 0 Å². The van der Waals surface area contributed by atoms with E-state index < -0.39 is 6.04 Å². The number of benzene rings is 1. The van der Waals surface area contributed by atoms with E-state index in [-0.39, 0.29) is 18.6 Å². The first-order valence-electron chi connectivity index (χ1n) is 6.38. The first-order chi connectivity index (χ1) is 9.70. The number of carbonyl (C=O) groups excluding carboxylic acids is 1. The summed E-state index contributed by atoms with van der Waals surface area (Å²) in [6.07, 6.45) is 1.96. The molecule has 106 valence electrons. The van der Waals surface area contributed by atoms with Crippen LogP contribution >= 0.6 is 0 Å². The largest absolute Gasteiger partial charge is 0.394 e. The molecule has 1 heterocycles. The maximum Gasteiger partial charge on any atom is 0.245 e. The van der Waals surface area contributed by atoms with Gasteiger partial charge >= 0.3 is 0 Å². The predicted molar refractivity (Wildman–Crippen MR) is 71.7 cm³/mol. The molecule has 1 amide bonds. The maximum atomic E-state index is 12.1. The number of nitrogens with one attached hydrogen (secondary N) is 1. The number of carbonyl (C=O) groups is 1. The van der Waals surface area contributed by atoms with Crippen molar-refractivity contribution in [2.45, 2.75) is 25.4 Å². The van der Waals surface area contributed by atoms with Crippen molar-refractivity contribution < 1.29 is 9.90 Å². The zero-order valence-electron chi connectivity index (χ0n) is 11.2. The van der Waals surface area contributed by atoms with Gasteiger partial charge in [-0.1, -0.05) is 30.3 Å². The second-order valence-electron chi connectivity index (χ2n) is 4.54. The number of aromatic nitrogens is 4. The topological polar surface area (TPSA) is 92.9 Å². The summed E-state index contributed by atoms with van der Waals surface area (Å²) in [6, 6.07) is 8.85. The molecule has 2 unspecified atom stereocenters. The van der Waals surface area contributed by atoms with Crippen LogP contribution < -0.4 is 5.32 Å². The molecular weight excluding hydrogens is 258 g/mol. The highest BCUT2D eigenvalue weighted by molar-refractivity contribution is 5.80. The zero-order valence-corrected chi connectivity index (χ0v) is 11.2. The minimum atomic E-state index is -0.519. The van der Waals surface area contributed by atoms with Gasteiger partial charge in [0, 0.05) is 0 Å². The van der Waals surface area contributed by atoms with Crippen LogP contribution in [0.5, 0.6) is 0 Å². The zero-order chi connectivity index (χ0) is 14.4. The van der Waals surface area contributed by atoms with Gasteiger partial charge in [0.05, 0.1) is 12.6 Å². The Labute approximate surface area is 116 Å². The molecule has 1 aromatic carbocycles. The average molecular weight is 275 g/mol. The Balaban J connectivity index is 1.94. The van der Waals surface area contributed by atoms with Crippen molar-refractivity contribution >= 4 is 5.91 Å². The van der Waals surface area contributed by atoms with Crippen LogP contribution in [-0.2, 0) is 11.2 Å². The van der Waals surface area contributed by atoms with E-state index in [9.17, 15) is 9.90 Å². The lowest BCUT2D eigenvalue weighted by atomic mass is 10.1. The highest BCUT2D eigenvalue weighted by Gasteiger charge is 2.19. The normalized spacial score (nSPS) is 13.7. The number of hydrogen-bond donors (Lipinski definition) is 2. The van der Waals surface area contributed by atoms with Crippen LogP contribution in [0.3, 0.4) is 0 Å². The van der Waals surface area contributed by atoms with Crippen molar-refractivity contribution in [2.24, 2.45) is 0 Å². The van der Waals surface area contributed by atoms with Gasteiger partial charge in [-0.15, -0.1) is 5.10 Å². The number of aliphatic hydroxyl groups excluding tert-OH is 1. The summed E-state index contributed by atoms with van der Waals surface area (Å²) in [5.74, 6) is -0.229. The quantitative estimate of drug-likeness (QED) is 0.771. The Morgan fingerprint density at radius 1 is 1.40 bits per heavy atom. The fraction of sp³-hybridized carbons (Fsp3) is 0.385. The number of rotatable bonds is 6. The minimum absolute atomic E-state index is 0.122. The molecule has 0 aliphatic heterocycles. The molecule has 0 fully saturated rings. The molecule has 0 saturated heterocycles. The lowest BCUT2D eigenvalue weighted by Gasteiger charge is -2.19. The van der Waals surface area contributed by atoms with E-state index in [1.54, 1.807) is 6.92 Å². The van der Waals surface area contributed by atoms with Gasteiger partial charge in [-0.25, -0.2) is 4.68 Å². The molecule has 2 aromatic rings. The molecule has 0 saturated carbocycles.